The minimum atomic E-state index is -0.529. The minimum absolute atomic E-state index is 0.0416. The molecular formula is C59H87IN2O8. The predicted molar refractivity (Wildman–Crippen MR) is 289 cm³/mol. The summed E-state index contributed by atoms with van der Waals surface area (Å²) in [6, 6.07) is 20.3. The lowest BCUT2D eigenvalue weighted by atomic mass is 9.67. The third-order valence-electron chi connectivity index (χ3n) is 12.3. The van der Waals surface area contributed by atoms with Crippen LogP contribution in [0, 0.1) is 49.9 Å². The van der Waals surface area contributed by atoms with Crippen molar-refractivity contribution in [2.45, 2.75) is 196 Å². The van der Waals surface area contributed by atoms with Gasteiger partial charge in [0.25, 0.3) is 0 Å². The first-order valence-corrected chi connectivity index (χ1v) is 26.9. The van der Waals surface area contributed by atoms with Gasteiger partial charge in [-0.3, -0.25) is 9.59 Å². The summed E-state index contributed by atoms with van der Waals surface area (Å²) in [5, 5.41) is 8.71. The van der Waals surface area contributed by atoms with Gasteiger partial charge in [-0.2, -0.15) is 0 Å². The summed E-state index contributed by atoms with van der Waals surface area (Å²) in [5.41, 5.74) is 3.52. The van der Waals surface area contributed by atoms with Crippen molar-refractivity contribution in [3.63, 3.8) is 0 Å². The number of ether oxygens (including phenoxy) is 4. The van der Waals surface area contributed by atoms with Gasteiger partial charge >= 0.3 is 11.9 Å². The van der Waals surface area contributed by atoms with Crippen LogP contribution in [0.4, 0.5) is 0 Å². The number of rotatable bonds is 22. The molecule has 0 amide bonds. The second-order valence-corrected chi connectivity index (χ2v) is 25.2. The molecule has 70 heavy (non-hydrogen) atoms. The van der Waals surface area contributed by atoms with Crippen molar-refractivity contribution >= 4 is 40.2 Å². The van der Waals surface area contributed by atoms with Crippen molar-refractivity contribution in [1.29, 1.82) is 0 Å². The van der Waals surface area contributed by atoms with E-state index in [0.29, 0.717) is 61.2 Å². The van der Waals surface area contributed by atoms with Gasteiger partial charge in [0, 0.05) is 36.9 Å². The predicted octanol–water partition coefficient (Wildman–Crippen LogP) is 14.8. The molecule has 2 fully saturated rings. The second kappa shape index (κ2) is 27.9. The lowest BCUT2D eigenvalue weighted by Gasteiger charge is -2.37. The summed E-state index contributed by atoms with van der Waals surface area (Å²) in [6.07, 6.45) is 10.7. The molecule has 388 valence electrons. The Morgan fingerprint density at radius 1 is 0.714 bits per heavy atom. The first-order chi connectivity index (χ1) is 32.9. The minimum Gasteiger partial charge on any atom is -0.460 e. The van der Waals surface area contributed by atoms with E-state index in [-0.39, 0.29) is 30.2 Å². The third-order valence-corrected chi connectivity index (χ3v) is 13.4. The van der Waals surface area contributed by atoms with Gasteiger partial charge in [-0.15, -0.1) is 0 Å². The molecule has 11 heteroatoms. The van der Waals surface area contributed by atoms with Gasteiger partial charge in [0.2, 0.25) is 0 Å². The Hall–Kier alpha value is -3.73. The molecule has 2 aliphatic rings. The van der Waals surface area contributed by atoms with Crippen LogP contribution < -0.4 is 0 Å². The maximum Gasteiger partial charge on any atom is 0.307 e. The zero-order chi connectivity index (χ0) is 51.5. The van der Waals surface area contributed by atoms with Gasteiger partial charge < -0.3 is 28.3 Å². The number of nitrogens with zero attached hydrogens (tertiary/aromatic N) is 2. The van der Waals surface area contributed by atoms with Crippen LogP contribution in [-0.4, -0.2) is 54.3 Å². The van der Waals surface area contributed by atoms with Crippen LogP contribution in [-0.2, 0) is 46.6 Å². The normalized spacial score (nSPS) is 19.3. The molecule has 0 spiro atoms. The van der Waals surface area contributed by atoms with E-state index in [9.17, 15) is 9.59 Å². The van der Waals surface area contributed by atoms with E-state index in [1.165, 1.54) is 25.5 Å². The van der Waals surface area contributed by atoms with E-state index in [4.69, 9.17) is 28.3 Å². The van der Waals surface area contributed by atoms with Crippen LogP contribution in [0.1, 0.15) is 195 Å². The molecule has 2 aromatic carbocycles. The molecule has 10 nitrogen and oxygen atoms in total. The molecule has 2 aliphatic carbocycles. The van der Waals surface area contributed by atoms with Crippen molar-refractivity contribution in [3.05, 3.63) is 86.8 Å². The second-order valence-electron chi connectivity index (χ2n) is 24.1. The summed E-state index contributed by atoms with van der Waals surface area (Å²) >= 11 is 2.37. The van der Waals surface area contributed by atoms with E-state index in [1.807, 2.05) is 77.9 Å². The lowest BCUT2D eigenvalue weighted by Crippen LogP contribution is -2.28. The van der Waals surface area contributed by atoms with Crippen LogP contribution in [0.2, 0.25) is 0 Å². The van der Waals surface area contributed by atoms with Gasteiger partial charge in [0.1, 0.15) is 29.7 Å². The van der Waals surface area contributed by atoms with Crippen molar-refractivity contribution in [1.82, 2.24) is 5.16 Å². The highest BCUT2D eigenvalue weighted by Gasteiger charge is 2.38. The number of benzene rings is 2. The quantitative estimate of drug-likeness (QED) is 0.0242. The van der Waals surface area contributed by atoms with Crippen molar-refractivity contribution in [2.24, 2.45) is 39.7 Å². The smallest absolute Gasteiger partial charge is 0.307 e. The average molecular weight is 1080 g/mol. The topological polar surface area (TPSA) is 119 Å². The molecule has 0 bridgehead atoms. The molecule has 1 heterocycles. The highest BCUT2D eigenvalue weighted by atomic mass is 127. The fraction of sp³-hybridized carbons (Fsp3) is 0.661. The number of oxime groups is 1. The van der Waals surface area contributed by atoms with Crippen LogP contribution >= 0.6 is 22.6 Å². The fourth-order valence-corrected chi connectivity index (χ4v) is 10.5. The highest BCUT2D eigenvalue weighted by Crippen LogP contribution is 2.49. The largest absolute Gasteiger partial charge is 0.460 e. The van der Waals surface area contributed by atoms with E-state index < -0.39 is 11.2 Å². The summed E-state index contributed by atoms with van der Waals surface area (Å²) < 4.78 is 29.9. The zero-order valence-electron chi connectivity index (χ0n) is 45.1. The van der Waals surface area contributed by atoms with Crippen molar-refractivity contribution in [2.75, 3.05) is 20.3 Å². The molecule has 0 radical (unpaired) electrons. The van der Waals surface area contributed by atoms with E-state index in [1.54, 1.807) is 0 Å². The number of carbonyl (C=O) groups is 2. The van der Waals surface area contributed by atoms with Crippen LogP contribution in [0.25, 0.3) is 0 Å². The molecule has 3 aromatic rings. The maximum atomic E-state index is 12.7. The number of halogens is 1. The molecule has 0 aliphatic heterocycles. The fourth-order valence-electron chi connectivity index (χ4n) is 9.39. The molecule has 1 aromatic heterocycles. The molecule has 0 saturated heterocycles. The van der Waals surface area contributed by atoms with Gasteiger partial charge in [0.05, 0.1) is 29.6 Å². The molecule has 2 atom stereocenters. The first-order valence-electron chi connectivity index (χ1n) is 25.8. The van der Waals surface area contributed by atoms with Gasteiger partial charge in [-0.1, -0.05) is 118 Å². The van der Waals surface area contributed by atoms with Crippen LogP contribution in [0.5, 0.6) is 0 Å². The Morgan fingerprint density at radius 3 is 1.69 bits per heavy atom. The Kier molecular flexibility index (Phi) is 23.5. The molecule has 0 N–H and O–H groups in total. The van der Waals surface area contributed by atoms with E-state index >= 15 is 0 Å². The summed E-state index contributed by atoms with van der Waals surface area (Å²) in [7, 11) is 1.53. The first kappa shape index (κ1) is 58.8. The number of esters is 2. The Morgan fingerprint density at radius 2 is 1.20 bits per heavy atom. The van der Waals surface area contributed by atoms with Gasteiger partial charge in [-0.25, -0.2) is 0 Å². The number of hydrogen-bond donors (Lipinski definition) is 0. The summed E-state index contributed by atoms with van der Waals surface area (Å²) in [6.45, 7) is 27.6. The third kappa shape index (κ3) is 23.2. The summed E-state index contributed by atoms with van der Waals surface area (Å²) in [5.74, 6) is 9.35. The number of hydrogen-bond acceptors (Lipinski definition) is 10. The standard InChI is InChI=1S/C30H45NO4.C29H42INO4/c1-29(2,3)21-25-18-24(19-25)15-16-27(31-33-7)26(20-28(32)35-30(4,5)6)14-11-17-34-22-23-12-9-8-10-13-23;1-28(2,3)18-21-15-23(16-21)27-25(30)26(31-35-27)22(17-24(32)34-29(4,5)6)13-10-14-33-19-20-11-8-7-9-12-20/h8-10,12-13,24-26H,11,14,17-22H2,1-7H3;7-9,11-12,21-23H,10,13-19H2,1-6H3/b31-27+;. The van der Waals surface area contributed by atoms with E-state index in [0.717, 1.165) is 83.8 Å². The number of aromatic nitrogens is 1. The Balaban J connectivity index is 0.000000305. The van der Waals surface area contributed by atoms with Crippen molar-refractivity contribution < 1.29 is 37.9 Å². The highest BCUT2D eigenvalue weighted by molar-refractivity contribution is 14.1. The van der Waals surface area contributed by atoms with E-state index in [2.05, 4.69) is 111 Å². The molecular weight excluding hydrogens is 992 g/mol. The Bertz CT molecular complexity index is 2100. The zero-order valence-corrected chi connectivity index (χ0v) is 47.2. The number of carbonyl (C=O) groups excluding carboxylic acids is 2. The van der Waals surface area contributed by atoms with Crippen molar-refractivity contribution in [3.8, 4) is 11.8 Å². The Labute approximate surface area is 436 Å². The van der Waals surface area contributed by atoms with Gasteiger partial charge in [0.15, 0.2) is 5.76 Å². The van der Waals surface area contributed by atoms with Crippen LogP contribution in [0.15, 0.2) is 70.3 Å². The maximum absolute atomic E-state index is 12.7. The lowest BCUT2D eigenvalue weighted by molar-refractivity contribution is -0.156. The summed E-state index contributed by atoms with van der Waals surface area (Å²) in [4.78, 5) is 30.5. The SMILES string of the molecule is CC(C)(C)CC1CC(c2onc(C(CCCOCc3ccccc3)CC(=O)OC(C)(C)C)c2I)C1.CO/N=C(\C#CC1CC(CC(C)(C)C)C1)C(CCCOCc1ccccc1)CC(=O)OC(C)(C)C. The molecule has 5 rings (SSSR count). The molecule has 2 saturated carbocycles. The average Bonchev–Trinajstić information content (AvgIpc) is 3.60. The van der Waals surface area contributed by atoms with Gasteiger partial charge in [-0.05, 0) is 168 Å². The monoisotopic (exact) mass is 1080 g/mol. The van der Waals surface area contributed by atoms with Crippen LogP contribution in [0.3, 0.4) is 0 Å². The molecule has 2 unspecified atom stereocenters.